The number of nitrogens with zero attached hydrogens (tertiary/aromatic N) is 2. The lowest BCUT2D eigenvalue weighted by Crippen LogP contribution is -2.09. The van der Waals surface area contributed by atoms with Crippen molar-refractivity contribution in [3.05, 3.63) is 60.2 Å². The number of aliphatic imine (C=N–C) groups is 1. The number of carbonyl (C=O) groups excluding carboxylic acids is 1. The van der Waals surface area contributed by atoms with Crippen molar-refractivity contribution in [3.63, 3.8) is 0 Å². The van der Waals surface area contributed by atoms with E-state index in [9.17, 15) is 9.00 Å². The normalized spacial score (nSPS) is 21.7. The fourth-order valence-corrected chi connectivity index (χ4v) is 3.56. The summed E-state index contributed by atoms with van der Waals surface area (Å²) in [6.07, 6.45) is 1.55. The zero-order valence-electron chi connectivity index (χ0n) is 11.3. The summed E-state index contributed by atoms with van der Waals surface area (Å²) in [5, 5.41) is 2.65. The van der Waals surface area contributed by atoms with Gasteiger partial charge in [-0.3, -0.25) is 0 Å². The topological polar surface area (TPSA) is 70.9 Å². The number of hydrogen-bond acceptors (Lipinski definition) is 2. The van der Waals surface area contributed by atoms with E-state index in [1.165, 1.54) is 0 Å². The van der Waals surface area contributed by atoms with Crippen LogP contribution in [0.3, 0.4) is 0 Å². The fraction of sp³-hybridized carbons (Fsp3) is 0.0667. The molecule has 0 unspecified atom stereocenters. The van der Waals surface area contributed by atoms with Crippen molar-refractivity contribution in [2.75, 3.05) is 11.6 Å². The number of nitrogens with one attached hydrogen (secondary N) is 1. The van der Waals surface area contributed by atoms with Crippen LogP contribution in [0.25, 0.3) is 0 Å². The summed E-state index contributed by atoms with van der Waals surface area (Å²) in [6.45, 7) is 0. The zero-order valence-corrected chi connectivity index (χ0v) is 12.1. The molecule has 1 N–H and O–H groups in total. The molecule has 5 nitrogen and oxygen atoms in total. The Balaban J connectivity index is 1.93. The highest BCUT2D eigenvalue weighted by Gasteiger charge is 2.24. The Labute approximate surface area is 122 Å². The highest BCUT2D eigenvalue weighted by molar-refractivity contribution is 7.93. The Morgan fingerprint density at radius 1 is 1.10 bits per heavy atom. The van der Waals surface area contributed by atoms with Crippen LogP contribution < -0.4 is 5.32 Å². The predicted octanol–water partition coefficient (Wildman–Crippen LogP) is 3.14. The van der Waals surface area contributed by atoms with Gasteiger partial charge in [-0.1, -0.05) is 30.3 Å². The van der Waals surface area contributed by atoms with Crippen molar-refractivity contribution >= 4 is 27.3 Å². The van der Waals surface area contributed by atoms with Gasteiger partial charge in [-0.15, -0.1) is 0 Å². The molecule has 0 bridgehead atoms. The first-order valence-electron chi connectivity index (χ1n) is 6.32. The maximum atomic E-state index is 12.4. The van der Waals surface area contributed by atoms with E-state index in [-0.39, 0.29) is 5.84 Å². The molecule has 0 radical (unpaired) electrons. The maximum absolute atomic E-state index is 12.4. The molecule has 1 atom stereocenters. The molecule has 2 aromatic carbocycles. The summed E-state index contributed by atoms with van der Waals surface area (Å²) in [5.41, 5.74) is 1.29. The molecule has 0 saturated heterocycles. The minimum absolute atomic E-state index is 0.214. The van der Waals surface area contributed by atoms with E-state index in [1.807, 2.05) is 18.2 Å². The van der Waals surface area contributed by atoms with Crippen LogP contribution >= 0.6 is 0 Å². The SMILES string of the molecule is C[S@@]1(=O)=NC(=NC(=O)Nc2ccccc2)c2ccccc21. The summed E-state index contributed by atoms with van der Waals surface area (Å²) >= 11 is 0. The molecule has 6 heteroatoms. The minimum atomic E-state index is -2.51. The molecule has 0 saturated carbocycles. The van der Waals surface area contributed by atoms with Crippen LogP contribution in [0.4, 0.5) is 10.5 Å². The lowest BCUT2D eigenvalue weighted by Gasteiger charge is -2.01. The third-order valence-corrected chi connectivity index (χ3v) is 4.72. The molecule has 1 heterocycles. The Morgan fingerprint density at radius 3 is 2.52 bits per heavy atom. The van der Waals surface area contributed by atoms with Crippen LogP contribution in [0.5, 0.6) is 0 Å². The average molecular weight is 299 g/mol. The zero-order chi connectivity index (χ0) is 14.9. The van der Waals surface area contributed by atoms with Gasteiger partial charge in [0.05, 0.1) is 14.6 Å². The molecule has 1 aliphatic heterocycles. The third kappa shape index (κ3) is 2.71. The number of benzene rings is 2. The van der Waals surface area contributed by atoms with Gasteiger partial charge in [0.2, 0.25) is 0 Å². The monoisotopic (exact) mass is 299 g/mol. The van der Waals surface area contributed by atoms with Crippen molar-refractivity contribution in [3.8, 4) is 0 Å². The molecule has 2 aromatic rings. The average Bonchev–Trinajstić information content (AvgIpc) is 2.72. The number of urea groups is 1. The number of amidine groups is 1. The van der Waals surface area contributed by atoms with E-state index in [0.29, 0.717) is 16.1 Å². The van der Waals surface area contributed by atoms with Crippen LogP contribution in [0.15, 0.2) is 68.8 Å². The quantitative estimate of drug-likeness (QED) is 0.878. The molecule has 0 fully saturated rings. The van der Waals surface area contributed by atoms with Crippen molar-refractivity contribution in [2.45, 2.75) is 4.90 Å². The highest BCUT2D eigenvalue weighted by Crippen LogP contribution is 2.25. The largest absolute Gasteiger partial charge is 0.347 e. The van der Waals surface area contributed by atoms with Gasteiger partial charge in [0.25, 0.3) is 0 Å². The number of para-hydroxylation sites is 1. The van der Waals surface area contributed by atoms with E-state index >= 15 is 0 Å². The van der Waals surface area contributed by atoms with E-state index in [4.69, 9.17) is 0 Å². The molecular formula is C15H13N3O2S. The van der Waals surface area contributed by atoms with Gasteiger partial charge in [0, 0.05) is 17.5 Å². The van der Waals surface area contributed by atoms with Crippen molar-refractivity contribution < 1.29 is 9.00 Å². The second kappa shape index (κ2) is 5.14. The van der Waals surface area contributed by atoms with E-state index < -0.39 is 15.8 Å². The summed E-state index contributed by atoms with van der Waals surface area (Å²) in [5.74, 6) is 0.214. The van der Waals surface area contributed by atoms with Crippen LogP contribution in [-0.4, -0.2) is 22.3 Å². The second-order valence-corrected chi connectivity index (χ2v) is 6.85. The van der Waals surface area contributed by atoms with Crippen LogP contribution in [0.2, 0.25) is 0 Å². The van der Waals surface area contributed by atoms with E-state index in [0.717, 1.165) is 0 Å². The molecule has 0 aromatic heterocycles. The van der Waals surface area contributed by atoms with Gasteiger partial charge in [-0.05, 0) is 24.3 Å². The second-order valence-electron chi connectivity index (χ2n) is 4.62. The smallest absolute Gasteiger partial charge is 0.306 e. The third-order valence-electron chi connectivity index (χ3n) is 3.03. The fourth-order valence-electron chi connectivity index (χ4n) is 2.09. The molecule has 0 aliphatic carbocycles. The van der Waals surface area contributed by atoms with Crippen LogP contribution in [-0.2, 0) is 9.73 Å². The lowest BCUT2D eigenvalue weighted by molar-refractivity contribution is 0.259. The van der Waals surface area contributed by atoms with Gasteiger partial charge in [0.1, 0.15) is 0 Å². The molecule has 0 spiro atoms. The van der Waals surface area contributed by atoms with Crippen molar-refractivity contribution in [2.24, 2.45) is 9.36 Å². The molecule has 106 valence electrons. The Hall–Kier alpha value is -2.47. The molecule has 1 aliphatic rings. The molecular weight excluding hydrogens is 286 g/mol. The Bertz CT molecular complexity index is 850. The van der Waals surface area contributed by atoms with Crippen LogP contribution in [0, 0.1) is 0 Å². The first-order valence-corrected chi connectivity index (χ1v) is 8.25. The summed E-state index contributed by atoms with van der Waals surface area (Å²) < 4.78 is 16.5. The van der Waals surface area contributed by atoms with Gasteiger partial charge in [-0.2, -0.15) is 9.36 Å². The Morgan fingerprint density at radius 2 is 1.76 bits per heavy atom. The van der Waals surface area contributed by atoms with Crippen molar-refractivity contribution in [1.29, 1.82) is 0 Å². The first-order chi connectivity index (χ1) is 10.1. The molecule has 21 heavy (non-hydrogen) atoms. The standard InChI is InChI=1S/C15H13N3O2S/c1-21(20)13-10-6-5-9-12(13)14(18-21)17-15(19)16-11-7-3-2-4-8-11/h2-10H,1H3,(H,16,19)/t21-/m0/s1. The molecule has 2 amide bonds. The minimum Gasteiger partial charge on any atom is -0.306 e. The number of fused-ring (bicyclic) bond motifs is 1. The number of rotatable bonds is 1. The summed E-state index contributed by atoms with van der Waals surface area (Å²) in [7, 11) is -2.51. The predicted molar refractivity (Wildman–Crippen MR) is 83.2 cm³/mol. The number of anilines is 1. The van der Waals surface area contributed by atoms with E-state index in [1.54, 1.807) is 42.7 Å². The van der Waals surface area contributed by atoms with Gasteiger partial charge >= 0.3 is 6.03 Å². The van der Waals surface area contributed by atoms with Gasteiger partial charge in [0.15, 0.2) is 5.84 Å². The molecule has 3 rings (SSSR count). The number of hydrogen-bond donors (Lipinski definition) is 1. The van der Waals surface area contributed by atoms with Crippen molar-refractivity contribution in [1.82, 2.24) is 0 Å². The van der Waals surface area contributed by atoms with Crippen LogP contribution in [0.1, 0.15) is 5.56 Å². The number of carbonyl (C=O) groups is 1. The lowest BCUT2D eigenvalue weighted by atomic mass is 10.2. The highest BCUT2D eigenvalue weighted by atomic mass is 32.2. The first kappa shape index (κ1) is 13.5. The maximum Gasteiger partial charge on any atom is 0.347 e. The number of amides is 2. The Kier molecular flexibility index (Phi) is 3.31. The van der Waals surface area contributed by atoms with E-state index in [2.05, 4.69) is 14.7 Å². The van der Waals surface area contributed by atoms with Gasteiger partial charge in [-0.25, -0.2) is 9.00 Å². The van der Waals surface area contributed by atoms with Gasteiger partial charge < -0.3 is 5.32 Å². The summed E-state index contributed by atoms with van der Waals surface area (Å²) in [6, 6.07) is 15.6. The summed E-state index contributed by atoms with van der Waals surface area (Å²) in [4.78, 5) is 16.5.